The van der Waals surface area contributed by atoms with E-state index >= 15 is 0 Å². The molecular weight excluding hydrogens is 476 g/mol. The fourth-order valence-electron chi connectivity index (χ4n) is 4.05. The van der Waals surface area contributed by atoms with Gasteiger partial charge in [0.25, 0.3) is 5.56 Å². The SMILES string of the molecule is CC[C@@H](C)n1c(=O)c(NCc2ccc(SC)cn2)nc2cnc(-c3c(OC)ncnc3C3CC3)nc21. The summed E-state index contributed by atoms with van der Waals surface area (Å²) >= 11 is 1.63. The molecular formula is C25H28N8O2S. The summed E-state index contributed by atoms with van der Waals surface area (Å²) < 4.78 is 7.22. The van der Waals surface area contributed by atoms with Crippen molar-refractivity contribution in [3.8, 4) is 17.3 Å². The maximum Gasteiger partial charge on any atom is 0.295 e. The van der Waals surface area contributed by atoms with Gasteiger partial charge in [-0.3, -0.25) is 14.3 Å². The first-order valence-electron chi connectivity index (χ1n) is 11.9. The third kappa shape index (κ3) is 4.62. The zero-order valence-electron chi connectivity index (χ0n) is 20.7. The third-order valence-electron chi connectivity index (χ3n) is 6.36. The molecule has 0 aromatic carbocycles. The second kappa shape index (κ2) is 10.2. The summed E-state index contributed by atoms with van der Waals surface area (Å²) in [6.07, 6.45) is 9.85. The predicted octanol–water partition coefficient (Wildman–Crippen LogP) is 4.23. The first-order valence-corrected chi connectivity index (χ1v) is 13.2. The van der Waals surface area contributed by atoms with Crippen LogP contribution in [0.5, 0.6) is 5.88 Å². The average molecular weight is 505 g/mol. The number of pyridine rings is 1. The molecule has 1 aliphatic rings. The molecule has 1 N–H and O–H groups in total. The van der Waals surface area contributed by atoms with E-state index in [9.17, 15) is 4.79 Å². The maximum atomic E-state index is 13.6. The Kier molecular flexibility index (Phi) is 6.82. The lowest BCUT2D eigenvalue weighted by molar-refractivity contribution is 0.397. The van der Waals surface area contributed by atoms with E-state index in [0.717, 1.165) is 35.5 Å². The van der Waals surface area contributed by atoms with Gasteiger partial charge in [-0.15, -0.1) is 11.8 Å². The number of methoxy groups -OCH3 is 1. The molecule has 10 nitrogen and oxygen atoms in total. The van der Waals surface area contributed by atoms with Gasteiger partial charge in [0.1, 0.15) is 17.4 Å². The summed E-state index contributed by atoms with van der Waals surface area (Å²) in [5.41, 5.74) is 3.13. The molecule has 1 saturated carbocycles. The van der Waals surface area contributed by atoms with Crippen molar-refractivity contribution < 1.29 is 4.74 Å². The summed E-state index contributed by atoms with van der Waals surface area (Å²) in [7, 11) is 1.57. The molecule has 1 aliphatic carbocycles. The van der Waals surface area contributed by atoms with Gasteiger partial charge < -0.3 is 10.1 Å². The normalized spacial score (nSPS) is 14.1. The number of ether oxygens (including phenoxy) is 1. The van der Waals surface area contributed by atoms with Crippen molar-refractivity contribution in [1.82, 2.24) is 34.5 Å². The zero-order chi connectivity index (χ0) is 25.2. The van der Waals surface area contributed by atoms with Crippen LogP contribution in [0.15, 0.2) is 40.5 Å². The first-order chi connectivity index (χ1) is 17.5. The van der Waals surface area contributed by atoms with Crippen LogP contribution in [-0.4, -0.2) is 47.8 Å². The van der Waals surface area contributed by atoms with Gasteiger partial charge in [0, 0.05) is 23.1 Å². The maximum absolute atomic E-state index is 13.6. The van der Waals surface area contributed by atoms with E-state index < -0.39 is 0 Å². The molecule has 4 heterocycles. The van der Waals surface area contributed by atoms with Crippen molar-refractivity contribution in [3.05, 3.63) is 52.6 Å². The summed E-state index contributed by atoms with van der Waals surface area (Å²) in [6, 6.07) is 3.85. The van der Waals surface area contributed by atoms with Gasteiger partial charge in [0.15, 0.2) is 17.3 Å². The Morgan fingerprint density at radius 3 is 2.67 bits per heavy atom. The molecule has 186 valence electrons. The van der Waals surface area contributed by atoms with Gasteiger partial charge in [0.05, 0.1) is 31.2 Å². The molecule has 4 aromatic rings. The molecule has 5 rings (SSSR count). The Labute approximate surface area is 213 Å². The molecule has 1 atom stereocenters. The van der Waals surface area contributed by atoms with Gasteiger partial charge in [-0.05, 0) is 44.6 Å². The lowest BCUT2D eigenvalue weighted by Crippen LogP contribution is -2.28. The molecule has 36 heavy (non-hydrogen) atoms. The number of nitrogens with zero attached hydrogens (tertiary/aromatic N) is 7. The Balaban J connectivity index is 1.58. The first kappa shape index (κ1) is 24.1. The molecule has 0 spiro atoms. The summed E-state index contributed by atoms with van der Waals surface area (Å²) in [5, 5.41) is 3.17. The number of aromatic nitrogens is 7. The Bertz CT molecular complexity index is 1450. The minimum Gasteiger partial charge on any atom is -0.480 e. The molecule has 0 amide bonds. The van der Waals surface area contributed by atoms with E-state index in [2.05, 4.69) is 30.2 Å². The number of hydrogen-bond donors (Lipinski definition) is 1. The van der Waals surface area contributed by atoms with Crippen LogP contribution in [0.4, 0.5) is 5.82 Å². The molecule has 11 heteroatoms. The number of thioether (sulfide) groups is 1. The van der Waals surface area contributed by atoms with Crippen molar-refractivity contribution in [3.63, 3.8) is 0 Å². The lowest BCUT2D eigenvalue weighted by atomic mass is 10.1. The van der Waals surface area contributed by atoms with Crippen molar-refractivity contribution in [2.75, 3.05) is 18.7 Å². The van der Waals surface area contributed by atoms with Crippen LogP contribution in [-0.2, 0) is 6.54 Å². The quantitative estimate of drug-likeness (QED) is 0.331. The molecule has 1 fully saturated rings. The third-order valence-corrected chi connectivity index (χ3v) is 7.07. The highest BCUT2D eigenvalue weighted by atomic mass is 32.2. The van der Waals surface area contributed by atoms with Crippen molar-refractivity contribution in [1.29, 1.82) is 0 Å². The number of anilines is 1. The topological polar surface area (TPSA) is 121 Å². The van der Waals surface area contributed by atoms with Crippen LogP contribution in [0.3, 0.4) is 0 Å². The van der Waals surface area contributed by atoms with Gasteiger partial charge in [-0.1, -0.05) is 6.92 Å². The van der Waals surface area contributed by atoms with Crippen molar-refractivity contribution >= 4 is 28.7 Å². The molecule has 0 unspecified atom stereocenters. The second-order valence-corrected chi connectivity index (χ2v) is 9.64. The van der Waals surface area contributed by atoms with E-state index in [-0.39, 0.29) is 17.4 Å². The minimum atomic E-state index is -0.235. The number of nitrogens with one attached hydrogen (secondary N) is 1. The molecule has 0 radical (unpaired) electrons. The van der Waals surface area contributed by atoms with E-state index in [1.165, 1.54) is 6.33 Å². The fourth-order valence-corrected chi connectivity index (χ4v) is 4.41. The Morgan fingerprint density at radius 2 is 2.00 bits per heavy atom. The van der Waals surface area contributed by atoms with Crippen LogP contribution < -0.4 is 15.6 Å². The van der Waals surface area contributed by atoms with Gasteiger partial charge in [-0.25, -0.2) is 24.9 Å². The standard InChI is InChI=1S/C25H28N8O2S/c1-5-14(2)33-23-18(31-22(25(33)34)27-10-16-8-9-17(36-4)11-26-16)12-28-21(32-23)19-20(15-6-7-15)29-13-30-24(19)35-3/h8-9,11-15H,5-7,10H2,1-4H3,(H,27,31)/t14-/m1/s1. The van der Waals surface area contributed by atoms with Crippen LogP contribution >= 0.6 is 11.8 Å². The molecule has 0 aliphatic heterocycles. The Morgan fingerprint density at radius 1 is 1.17 bits per heavy atom. The Hall–Kier alpha value is -3.60. The largest absolute Gasteiger partial charge is 0.480 e. The monoisotopic (exact) mass is 504 g/mol. The fraction of sp³-hybridized carbons (Fsp3) is 0.400. The van der Waals surface area contributed by atoms with Crippen molar-refractivity contribution in [2.24, 2.45) is 0 Å². The van der Waals surface area contributed by atoms with Crippen LogP contribution in [0.1, 0.15) is 56.5 Å². The van der Waals surface area contributed by atoms with Crippen LogP contribution in [0.25, 0.3) is 22.6 Å². The number of hydrogen-bond acceptors (Lipinski definition) is 10. The number of rotatable bonds is 9. The lowest BCUT2D eigenvalue weighted by Gasteiger charge is -2.18. The van der Waals surface area contributed by atoms with E-state index in [1.807, 2.05) is 38.4 Å². The van der Waals surface area contributed by atoms with E-state index in [4.69, 9.17) is 9.72 Å². The van der Waals surface area contributed by atoms with Crippen LogP contribution in [0.2, 0.25) is 0 Å². The summed E-state index contributed by atoms with van der Waals surface area (Å²) in [6.45, 7) is 4.41. The molecule has 0 bridgehead atoms. The zero-order valence-corrected chi connectivity index (χ0v) is 21.5. The van der Waals surface area contributed by atoms with E-state index in [1.54, 1.807) is 29.6 Å². The highest BCUT2D eigenvalue weighted by molar-refractivity contribution is 7.98. The van der Waals surface area contributed by atoms with E-state index in [0.29, 0.717) is 40.9 Å². The van der Waals surface area contributed by atoms with Crippen molar-refractivity contribution in [2.45, 2.75) is 56.5 Å². The average Bonchev–Trinajstić information content (AvgIpc) is 3.77. The second-order valence-electron chi connectivity index (χ2n) is 8.76. The summed E-state index contributed by atoms with van der Waals surface area (Å²) in [4.78, 5) is 41.9. The minimum absolute atomic E-state index is 0.0953. The van der Waals surface area contributed by atoms with Gasteiger partial charge >= 0.3 is 0 Å². The highest BCUT2D eigenvalue weighted by Crippen LogP contribution is 2.44. The number of fused-ring (bicyclic) bond motifs is 1. The molecule has 0 saturated heterocycles. The van der Waals surface area contributed by atoms with Crippen LogP contribution in [0, 0.1) is 0 Å². The predicted molar refractivity (Wildman–Crippen MR) is 139 cm³/mol. The summed E-state index contributed by atoms with van der Waals surface area (Å²) in [5.74, 6) is 1.44. The smallest absolute Gasteiger partial charge is 0.295 e. The van der Waals surface area contributed by atoms with Gasteiger partial charge in [0.2, 0.25) is 5.88 Å². The molecule has 4 aromatic heterocycles. The highest BCUT2D eigenvalue weighted by Gasteiger charge is 2.31. The van der Waals surface area contributed by atoms with Gasteiger partial charge in [-0.2, -0.15) is 0 Å².